The van der Waals surface area contributed by atoms with Crippen LogP contribution in [0, 0.1) is 6.92 Å². The molecular formula is C20H22N4O4S. The molecule has 1 fully saturated rings. The molecule has 0 amide bonds. The monoisotopic (exact) mass is 414 g/mol. The number of nitrogens with zero attached hydrogens (tertiary/aromatic N) is 4. The average Bonchev–Trinajstić information content (AvgIpc) is 2.72. The number of benzene rings is 1. The molecule has 1 aromatic carbocycles. The summed E-state index contributed by atoms with van der Waals surface area (Å²) in [5.41, 5.74) is 4.07. The molecule has 29 heavy (non-hydrogen) atoms. The van der Waals surface area contributed by atoms with Crippen molar-refractivity contribution in [2.24, 2.45) is 0 Å². The highest BCUT2D eigenvalue weighted by atomic mass is 32.2. The first kappa shape index (κ1) is 19.7. The van der Waals surface area contributed by atoms with E-state index >= 15 is 0 Å². The summed E-state index contributed by atoms with van der Waals surface area (Å²) < 4.78 is 36.6. The van der Waals surface area contributed by atoms with E-state index < -0.39 is 10.0 Å². The first-order valence-corrected chi connectivity index (χ1v) is 11.1. The van der Waals surface area contributed by atoms with Crippen LogP contribution in [0.4, 0.5) is 0 Å². The molecule has 0 radical (unpaired) electrons. The molecule has 0 bridgehead atoms. The van der Waals surface area contributed by atoms with Crippen molar-refractivity contribution in [3.63, 3.8) is 0 Å². The number of sulfonamides is 1. The normalized spacial score (nSPS) is 18.1. The van der Waals surface area contributed by atoms with Crippen molar-refractivity contribution in [1.82, 2.24) is 19.3 Å². The Hall–Kier alpha value is -2.62. The van der Waals surface area contributed by atoms with Crippen molar-refractivity contribution in [3.8, 4) is 17.1 Å². The second-order valence-electron chi connectivity index (χ2n) is 7.03. The van der Waals surface area contributed by atoms with Gasteiger partial charge in [-0.15, -0.1) is 0 Å². The first-order valence-electron chi connectivity index (χ1n) is 9.28. The third-order valence-corrected chi connectivity index (χ3v) is 6.02. The van der Waals surface area contributed by atoms with Crippen molar-refractivity contribution in [3.05, 3.63) is 48.3 Å². The van der Waals surface area contributed by atoms with E-state index in [9.17, 15) is 8.42 Å². The summed E-state index contributed by atoms with van der Waals surface area (Å²) >= 11 is 0. The maximum Gasteiger partial charge on any atom is 0.242 e. The summed E-state index contributed by atoms with van der Waals surface area (Å²) in [6.07, 6.45) is 4.03. The molecule has 1 saturated heterocycles. The van der Waals surface area contributed by atoms with Gasteiger partial charge in [0, 0.05) is 31.0 Å². The molecule has 8 nitrogen and oxygen atoms in total. The van der Waals surface area contributed by atoms with Crippen LogP contribution >= 0.6 is 0 Å². The minimum atomic E-state index is -3.26. The molecule has 0 unspecified atom stereocenters. The van der Waals surface area contributed by atoms with E-state index in [-0.39, 0.29) is 19.3 Å². The third-order valence-electron chi connectivity index (χ3n) is 4.75. The van der Waals surface area contributed by atoms with Gasteiger partial charge >= 0.3 is 0 Å². The van der Waals surface area contributed by atoms with E-state index in [4.69, 9.17) is 9.47 Å². The Morgan fingerprint density at radius 3 is 2.72 bits per heavy atom. The molecule has 0 aliphatic carbocycles. The smallest absolute Gasteiger partial charge is 0.242 e. The summed E-state index contributed by atoms with van der Waals surface area (Å²) in [6, 6.07) is 9.92. The number of hydrogen-bond acceptors (Lipinski definition) is 7. The van der Waals surface area contributed by atoms with Gasteiger partial charge in [0.1, 0.15) is 12.7 Å². The Morgan fingerprint density at radius 1 is 1.21 bits per heavy atom. The topological polar surface area (TPSA) is 94.5 Å². The molecule has 3 aromatic rings. The van der Waals surface area contributed by atoms with Crippen LogP contribution in [-0.2, 0) is 14.8 Å². The molecule has 1 aliphatic rings. The minimum Gasteiger partial charge on any atom is -0.473 e. The number of morpholine rings is 1. The fourth-order valence-electron chi connectivity index (χ4n) is 3.18. The molecule has 152 valence electrons. The zero-order valence-corrected chi connectivity index (χ0v) is 17.1. The van der Waals surface area contributed by atoms with Gasteiger partial charge < -0.3 is 9.47 Å². The van der Waals surface area contributed by atoms with Crippen LogP contribution in [0.5, 0.6) is 5.88 Å². The predicted molar refractivity (Wildman–Crippen MR) is 109 cm³/mol. The van der Waals surface area contributed by atoms with Gasteiger partial charge in [-0.2, -0.15) is 4.31 Å². The van der Waals surface area contributed by atoms with Crippen molar-refractivity contribution < 1.29 is 17.9 Å². The van der Waals surface area contributed by atoms with Gasteiger partial charge in [-0.1, -0.05) is 29.8 Å². The summed E-state index contributed by atoms with van der Waals surface area (Å²) in [5, 5.41) is 0. The quantitative estimate of drug-likeness (QED) is 0.630. The second-order valence-corrected chi connectivity index (χ2v) is 9.01. The van der Waals surface area contributed by atoms with Crippen molar-refractivity contribution in [1.29, 1.82) is 0 Å². The molecule has 0 saturated carbocycles. The van der Waals surface area contributed by atoms with Gasteiger partial charge in [-0.3, -0.25) is 4.98 Å². The van der Waals surface area contributed by atoms with E-state index in [0.717, 1.165) is 16.8 Å². The lowest BCUT2D eigenvalue weighted by molar-refractivity contribution is -0.0252. The Labute approximate surface area is 169 Å². The van der Waals surface area contributed by atoms with Crippen LogP contribution in [0.1, 0.15) is 5.56 Å². The lowest BCUT2D eigenvalue weighted by Gasteiger charge is -2.30. The van der Waals surface area contributed by atoms with E-state index in [1.807, 2.05) is 37.3 Å². The maximum absolute atomic E-state index is 11.8. The lowest BCUT2D eigenvalue weighted by atomic mass is 10.1. The van der Waals surface area contributed by atoms with Gasteiger partial charge in [0.25, 0.3) is 0 Å². The fourth-order valence-corrected chi connectivity index (χ4v) is 4.03. The van der Waals surface area contributed by atoms with Crippen molar-refractivity contribution >= 4 is 21.1 Å². The van der Waals surface area contributed by atoms with Gasteiger partial charge in [0.15, 0.2) is 5.52 Å². The number of aromatic nitrogens is 3. The number of pyridine rings is 1. The number of aryl methyl sites for hydroxylation is 1. The van der Waals surface area contributed by atoms with Crippen molar-refractivity contribution in [2.75, 3.05) is 32.6 Å². The Morgan fingerprint density at radius 2 is 1.97 bits per heavy atom. The van der Waals surface area contributed by atoms with E-state index in [2.05, 4.69) is 15.0 Å². The largest absolute Gasteiger partial charge is 0.473 e. The Balaban J connectivity index is 1.60. The predicted octanol–water partition coefficient (Wildman–Crippen LogP) is 2.04. The fraction of sp³-hybridized carbons (Fsp3) is 0.350. The van der Waals surface area contributed by atoms with Crippen LogP contribution in [0.3, 0.4) is 0 Å². The lowest BCUT2D eigenvalue weighted by Crippen LogP contribution is -2.47. The second kappa shape index (κ2) is 8.02. The average molecular weight is 414 g/mol. The Kier molecular flexibility index (Phi) is 5.44. The summed E-state index contributed by atoms with van der Waals surface area (Å²) in [6.45, 7) is 3.13. The minimum absolute atomic E-state index is 0.169. The van der Waals surface area contributed by atoms with E-state index in [1.54, 1.807) is 12.4 Å². The highest BCUT2D eigenvalue weighted by Gasteiger charge is 2.27. The molecule has 2 aromatic heterocycles. The summed E-state index contributed by atoms with van der Waals surface area (Å²) in [4.78, 5) is 13.4. The summed E-state index contributed by atoms with van der Waals surface area (Å²) in [7, 11) is -3.26. The van der Waals surface area contributed by atoms with Crippen LogP contribution in [0.25, 0.3) is 22.3 Å². The highest BCUT2D eigenvalue weighted by molar-refractivity contribution is 7.88. The van der Waals surface area contributed by atoms with Crippen molar-refractivity contribution in [2.45, 2.75) is 13.0 Å². The van der Waals surface area contributed by atoms with Crippen LogP contribution in [0.2, 0.25) is 0 Å². The highest BCUT2D eigenvalue weighted by Crippen LogP contribution is 2.27. The number of rotatable bonds is 5. The Bertz CT molecular complexity index is 1120. The number of fused-ring (bicyclic) bond motifs is 1. The third kappa shape index (κ3) is 4.52. The standard InChI is InChI=1S/C20H22N4O4S/c1-14-3-5-15(6-4-14)17-11-18-19(22-8-7-21-18)20(23-17)28-13-16-12-24(9-10-27-16)29(2,25)26/h3-8,11,16H,9-10,12-13H2,1-2H3/t16-/m0/s1. The molecule has 4 rings (SSSR count). The van der Waals surface area contributed by atoms with Gasteiger partial charge in [0.2, 0.25) is 15.9 Å². The van der Waals surface area contributed by atoms with E-state index in [1.165, 1.54) is 10.6 Å². The molecule has 1 aliphatic heterocycles. The molecule has 0 N–H and O–H groups in total. The van der Waals surface area contributed by atoms with Crippen LogP contribution in [0.15, 0.2) is 42.7 Å². The number of ether oxygens (including phenoxy) is 2. The van der Waals surface area contributed by atoms with Gasteiger partial charge in [0.05, 0.1) is 24.1 Å². The zero-order valence-electron chi connectivity index (χ0n) is 16.3. The van der Waals surface area contributed by atoms with Crippen LogP contribution < -0.4 is 4.74 Å². The maximum atomic E-state index is 11.8. The summed E-state index contributed by atoms with van der Waals surface area (Å²) in [5.74, 6) is 0.353. The first-order chi connectivity index (χ1) is 13.9. The zero-order chi connectivity index (χ0) is 20.4. The molecule has 0 spiro atoms. The molecule has 3 heterocycles. The van der Waals surface area contributed by atoms with Gasteiger partial charge in [-0.05, 0) is 13.0 Å². The number of hydrogen-bond donors (Lipinski definition) is 0. The SMILES string of the molecule is Cc1ccc(-c2cc3nccnc3c(OC[C@@H]3CN(S(C)(=O)=O)CCO3)n2)cc1. The van der Waals surface area contributed by atoms with E-state index in [0.29, 0.717) is 30.1 Å². The van der Waals surface area contributed by atoms with Crippen LogP contribution in [-0.4, -0.2) is 66.3 Å². The molecule has 9 heteroatoms. The molecular weight excluding hydrogens is 392 g/mol. The van der Waals surface area contributed by atoms with Gasteiger partial charge in [-0.25, -0.2) is 18.4 Å². The molecule has 1 atom stereocenters.